The number of esters is 4. The molecule has 0 aliphatic carbocycles. The zero-order valence-electron chi connectivity index (χ0n) is 34.3. The summed E-state index contributed by atoms with van der Waals surface area (Å²) in [5.74, 6) is -1.41. The third-order valence-corrected chi connectivity index (χ3v) is 8.87. The van der Waals surface area contributed by atoms with Gasteiger partial charge in [-0.3, -0.25) is 19.2 Å². The zero-order valence-corrected chi connectivity index (χ0v) is 34.3. The Morgan fingerprint density at radius 2 is 0.870 bits per heavy atom. The molecule has 13 heteroatoms. The summed E-state index contributed by atoms with van der Waals surface area (Å²) in [6, 6.07) is 0. The third kappa shape index (κ3) is 33.1. The van der Waals surface area contributed by atoms with E-state index in [2.05, 4.69) is 4.74 Å². The van der Waals surface area contributed by atoms with E-state index in [-0.39, 0.29) is 94.4 Å². The summed E-state index contributed by atoms with van der Waals surface area (Å²) in [5.41, 5.74) is 0. The monoisotopic (exact) mass is 777 g/mol. The van der Waals surface area contributed by atoms with E-state index in [1.165, 1.54) is 7.11 Å². The highest BCUT2D eigenvalue weighted by Gasteiger charge is 2.20. The molecule has 0 rings (SSSR count). The minimum atomic E-state index is -0.886. The molecule has 0 aromatic heterocycles. The molecule has 54 heavy (non-hydrogen) atoms. The molecule has 4 atom stereocenters. The first-order valence-corrected chi connectivity index (χ1v) is 20.7. The van der Waals surface area contributed by atoms with Crippen LogP contribution < -0.4 is 0 Å². The Kier molecular flexibility index (Phi) is 33.6. The molecule has 0 aromatic carbocycles. The summed E-state index contributed by atoms with van der Waals surface area (Å²) in [6.07, 6.45) is 13.4. The summed E-state index contributed by atoms with van der Waals surface area (Å²) in [5, 5.41) is 27.9. The molecule has 0 amide bonds. The van der Waals surface area contributed by atoms with E-state index in [4.69, 9.17) is 28.8 Å². The zero-order chi connectivity index (χ0) is 40.4. The Morgan fingerprint density at radius 3 is 1.37 bits per heavy atom. The number of aliphatic hydroxyl groups excluding tert-OH is 3. The van der Waals surface area contributed by atoms with Crippen molar-refractivity contribution in [2.75, 3.05) is 33.5 Å². The minimum Gasteiger partial charge on any atom is -0.469 e. The predicted octanol–water partition coefficient (Wildman–Crippen LogP) is 6.67. The first-order chi connectivity index (χ1) is 25.9. The van der Waals surface area contributed by atoms with Crippen LogP contribution in [0.5, 0.6) is 0 Å². The van der Waals surface area contributed by atoms with Crippen LogP contribution in [0.25, 0.3) is 0 Å². The van der Waals surface area contributed by atoms with Gasteiger partial charge in [-0.05, 0) is 79.1 Å². The van der Waals surface area contributed by atoms with Crippen molar-refractivity contribution in [3.05, 3.63) is 0 Å². The van der Waals surface area contributed by atoms with Gasteiger partial charge < -0.3 is 43.7 Å². The molecule has 0 fully saturated rings. The van der Waals surface area contributed by atoms with Crippen LogP contribution in [0, 0.1) is 0 Å². The van der Waals surface area contributed by atoms with E-state index in [0.717, 1.165) is 83.5 Å². The normalized spacial score (nSPS) is 13.7. The Hall–Kier alpha value is -2.32. The second-order valence-corrected chi connectivity index (χ2v) is 14.8. The summed E-state index contributed by atoms with van der Waals surface area (Å²) in [6.45, 7) is 7.50. The number of carbonyl (C=O) groups excluding carboxylic acids is 4. The molecule has 0 radical (unpaired) electrons. The number of unbranched alkanes of at least 4 members (excludes halogenated alkanes) is 10. The van der Waals surface area contributed by atoms with Crippen molar-refractivity contribution in [2.24, 2.45) is 0 Å². The molecule has 3 N–H and O–H groups in total. The Bertz CT molecular complexity index is 942. The summed E-state index contributed by atoms with van der Waals surface area (Å²) >= 11 is 0. The number of ether oxygens (including phenoxy) is 6. The first-order valence-electron chi connectivity index (χ1n) is 20.7. The van der Waals surface area contributed by atoms with Crippen molar-refractivity contribution >= 4 is 23.9 Å². The average molecular weight is 777 g/mol. The molecule has 0 aromatic rings. The molecule has 318 valence electrons. The molecule has 13 nitrogen and oxygen atoms in total. The first kappa shape index (κ1) is 51.7. The van der Waals surface area contributed by atoms with Gasteiger partial charge in [-0.2, -0.15) is 0 Å². The van der Waals surface area contributed by atoms with Gasteiger partial charge in [0, 0.05) is 25.7 Å². The van der Waals surface area contributed by atoms with Crippen molar-refractivity contribution < 1.29 is 62.9 Å². The highest BCUT2D eigenvalue weighted by Crippen LogP contribution is 2.16. The maximum absolute atomic E-state index is 12.7. The fourth-order valence-corrected chi connectivity index (χ4v) is 5.95. The number of hydrogen-bond acceptors (Lipinski definition) is 13. The average Bonchev–Trinajstić information content (AvgIpc) is 3.13. The van der Waals surface area contributed by atoms with Crippen LogP contribution in [0.15, 0.2) is 0 Å². The van der Waals surface area contributed by atoms with Crippen LogP contribution in [0.4, 0.5) is 0 Å². The number of methoxy groups -OCH3 is 1. The molecule has 0 aliphatic rings. The van der Waals surface area contributed by atoms with Gasteiger partial charge >= 0.3 is 23.9 Å². The van der Waals surface area contributed by atoms with Gasteiger partial charge in [-0.15, -0.1) is 0 Å². The molecule has 0 heterocycles. The van der Waals surface area contributed by atoms with Crippen LogP contribution in [0.2, 0.25) is 0 Å². The molecule has 4 unspecified atom stereocenters. The standard InChI is InChI=1S/C41H76O13/c1-32(2)52-35(29-43)21-14-10-6-9-13-17-25-41(48)54-37(31-51-39(46)26-18-20-34(44)28-42)23-19-27-40(47)50-30-36(53-33(3)4)22-15-11-7-8-12-16-24-38(45)49-5/h32-37,42-44H,6-31H2,1-5H3. The van der Waals surface area contributed by atoms with Crippen molar-refractivity contribution in [2.45, 2.75) is 206 Å². The lowest BCUT2D eigenvalue weighted by Gasteiger charge is -2.21. The van der Waals surface area contributed by atoms with Gasteiger partial charge in [0.1, 0.15) is 19.3 Å². The molecule has 0 saturated carbocycles. The van der Waals surface area contributed by atoms with Gasteiger partial charge in [0.2, 0.25) is 0 Å². The Morgan fingerprint density at radius 1 is 0.463 bits per heavy atom. The lowest BCUT2D eigenvalue weighted by atomic mass is 10.1. The second-order valence-electron chi connectivity index (χ2n) is 14.8. The van der Waals surface area contributed by atoms with Crippen molar-refractivity contribution in [1.29, 1.82) is 0 Å². The predicted molar refractivity (Wildman–Crippen MR) is 206 cm³/mol. The lowest BCUT2D eigenvalue weighted by Crippen LogP contribution is -2.26. The van der Waals surface area contributed by atoms with Crippen LogP contribution in [0.1, 0.15) is 169 Å². The van der Waals surface area contributed by atoms with E-state index in [0.29, 0.717) is 32.1 Å². The quantitative estimate of drug-likeness (QED) is 0.0346. The molecular weight excluding hydrogens is 700 g/mol. The molecular formula is C41H76O13. The molecule has 0 aliphatic heterocycles. The SMILES string of the molecule is COC(=O)CCCCCCCCC(COC(=O)CCCC(COC(=O)CCCC(O)CO)OC(=O)CCCCCCCCC(CO)OC(C)C)OC(C)C. The largest absolute Gasteiger partial charge is 0.469 e. The van der Waals surface area contributed by atoms with Gasteiger partial charge in [0.05, 0.1) is 50.8 Å². The van der Waals surface area contributed by atoms with Gasteiger partial charge in [-0.25, -0.2) is 0 Å². The highest BCUT2D eigenvalue weighted by atomic mass is 16.6. The summed E-state index contributed by atoms with van der Waals surface area (Å²) in [7, 11) is 1.40. The third-order valence-electron chi connectivity index (χ3n) is 8.87. The molecule has 0 saturated heterocycles. The Labute approximate surface area is 325 Å². The van der Waals surface area contributed by atoms with Gasteiger partial charge in [0.25, 0.3) is 0 Å². The maximum Gasteiger partial charge on any atom is 0.306 e. The van der Waals surface area contributed by atoms with E-state index in [1.54, 1.807) is 0 Å². The number of rotatable bonds is 37. The van der Waals surface area contributed by atoms with E-state index >= 15 is 0 Å². The van der Waals surface area contributed by atoms with E-state index in [9.17, 15) is 29.4 Å². The van der Waals surface area contributed by atoms with Gasteiger partial charge in [-0.1, -0.05) is 64.2 Å². The topological polar surface area (TPSA) is 184 Å². The van der Waals surface area contributed by atoms with Crippen molar-refractivity contribution in [1.82, 2.24) is 0 Å². The van der Waals surface area contributed by atoms with E-state index in [1.807, 2.05) is 27.7 Å². The highest BCUT2D eigenvalue weighted by molar-refractivity contribution is 5.71. The molecule has 0 spiro atoms. The minimum absolute atomic E-state index is 0.00891. The van der Waals surface area contributed by atoms with E-state index < -0.39 is 18.2 Å². The lowest BCUT2D eigenvalue weighted by molar-refractivity contribution is -0.160. The smallest absolute Gasteiger partial charge is 0.306 e. The number of hydrogen-bond donors (Lipinski definition) is 3. The molecule has 0 bridgehead atoms. The fourth-order valence-electron chi connectivity index (χ4n) is 5.95. The van der Waals surface area contributed by atoms with Crippen LogP contribution in [0.3, 0.4) is 0 Å². The Balaban J connectivity index is 4.68. The number of carbonyl (C=O) groups is 4. The second kappa shape index (κ2) is 35.1. The summed E-state index contributed by atoms with van der Waals surface area (Å²) in [4.78, 5) is 48.9. The van der Waals surface area contributed by atoms with Crippen LogP contribution in [-0.2, 0) is 47.6 Å². The fraction of sp³-hybridized carbons (Fsp3) is 0.902. The van der Waals surface area contributed by atoms with Crippen LogP contribution >= 0.6 is 0 Å². The van der Waals surface area contributed by atoms with Crippen LogP contribution in [-0.4, -0.2) is 109 Å². The van der Waals surface area contributed by atoms with Gasteiger partial charge in [0.15, 0.2) is 0 Å². The van der Waals surface area contributed by atoms with Crippen molar-refractivity contribution in [3.8, 4) is 0 Å². The van der Waals surface area contributed by atoms with Crippen molar-refractivity contribution in [3.63, 3.8) is 0 Å². The maximum atomic E-state index is 12.7. The summed E-state index contributed by atoms with van der Waals surface area (Å²) < 4.78 is 33.0. The number of aliphatic hydroxyl groups is 3.